The largest absolute Gasteiger partial charge is 0.353 e. The maximum absolute atomic E-state index is 12.5. The molecule has 0 aromatic heterocycles. The van der Waals surface area contributed by atoms with Crippen molar-refractivity contribution in [1.82, 2.24) is 15.5 Å². The predicted octanol–water partition coefficient (Wildman–Crippen LogP) is 1.35. The van der Waals surface area contributed by atoms with Crippen molar-refractivity contribution < 1.29 is 9.59 Å². The van der Waals surface area contributed by atoms with Crippen molar-refractivity contribution in [3.63, 3.8) is 0 Å². The second-order valence-corrected chi connectivity index (χ2v) is 6.09. The average molecular weight is 344 g/mol. The highest BCUT2D eigenvalue weighted by Crippen LogP contribution is 2.23. The first-order valence-corrected chi connectivity index (χ1v) is 8.17. The van der Waals surface area contributed by atoms with E-state index in [0.717, 1.165) is 0 Å². The molecule has 0 saturated carbocycles. The molecule has 1 aromatic carbocycles. The molecule has 1 aliphatic rings. The monoisotopic (exact) mass is 343 g/mol. The second kappa shape index (κ2) is 9.02. The number of likely N-dealkylation sites (N-methyl/N-ethyl adjacent to an activating group) is 1. The molecule has 0 spiro atoms. The number of nitrogens with one attached hydrogen (secondary N) is 2. The third-order valence-electron chi connectivity index (χ3n) is 3.54. The zero-order valence-corrected chi connectivity index (χ0v) is 14.4. The van der Waals surface area contributed by atoms with Crippen LogP contribution >= 0.6 is 24.2 Å². The van der Waals surface area contributed by atoms with Crippen molar-refractivity contribution in [1.29, 1.82) is 0 Å². The molecule has 2 amide bonds. The molecular formula is C15H22ClN3O2S. The van der Waals surface area contributed by atoms with E-state index in [1.54, 1.807) is 28.8 Å². The van der Waals surface area contributed by atoms with Crippen LogP contribution in [0.5, 0.6) is 0 Å². The molecule has 2 N–H and O–H groups in total. The van der Waals surface area contributed by atoms with Crippen LogP contribution in [-0.4, -0.2) is 54.0 Å². The fraction of sp³-hybridized carbons (Fsp3) is 0.467. The lowest BCUT2D eigenvalue weighted by Crippen LogP contribution is -2.49. The summed E-state index contributed by atoms with van der Waals surface area (Å²) >= 11 is 1.61. The maximum Gasteiger partial charge on any atom is 0.255 e. The molecule has 22 heavy (non-hydrogen) atoms. The molecule has 2 atom stereocenters. The van der Waals surface area contributed by atoms with Crippen LogP contribution in [0.1, 0.15) is 17.3 Å². The number of nitrogens with zero attached hydrogens (tertiary/aromatic N) is 1. The molecule has 7 heteroatoms. The van der Waals surface area contributed by atoms with Crippen LogP contribution in [0.25, 0.3) is 0 Å². The third kappa shape index (κ3) is 4.63. The smallest absolute Gasteiger partial charge is 0.255 e. The maximum atomic E-state index is 12.5. The molecule has 1 fully saturated rings. The Morgan fingerprint density at radius 1 is 1.36 bits per heavy atom. The third-order valence-corrected chi connectivity index (χ3v) is 4.55. The average Bonchev–Trinajstić information content (AvgIpc) is 3.01. The minimum absolute atomic E-state index is 0. The number of benzene rings is 1. The van der Waals surface area contributed by atoms with Gasteiger partial charge in [-0.15, -0.1) is 24.2 Å². The first kappa shape index (κ1) is 18.8. The van der Waals surface area contributed by atoms with E-state index >= 15 is 0 Å². The number of carbonyl (C=O) groups excluding carboxylic acids is 2. The van der Waals surface area contributed by atoms with Crippen LogP contribution in [0.4, 0.5) is 0 Å². The molecule has 1 heterocycles. The number of rotatable bonds is 5. The van der Waals surface area contributed by atoms with Gasteiger partial charge in [0, 0.05) is 23.9 Å². The van der Waals surface area contributed by atoms with E-state index in [9.17, 15) is 9.59 Å². The van der Waals surface area contributed by atoms with Gasteiger partial charge >= 0.3 is 0 Å². The normalized spacial score (nSPS) is 18.5. The number of hydrogen-bond acceptors (Lipinski definition) is 4. The van der Waals surface area contributed by atoms with E-state index in [1.807, 2.05) is 32.2 Å². The molecule has 0 radical (unpaired) electrons. The van der Waals surface area contributed by atoms with Crippen molar-refractivity contribution in [2.45, 2.75) is 19.0 Å². The first-order valence-electron chi connectivity index (χ1n) is 7.02. The van der Waals surface area contributed by atoms with E-state index < -0.39 is 0 Å². The highest BCUT2D eigenvalue weighted by atomic mass is 35.5. The van der Waals surface area contributed by atoms with Crippen molar-refractivity contribution in [3.05, 3.63) is 35.9 Å². The van der Waals surface area contributed by atoms with E-state index in [-0.39, 0.29) is 36.3 Å². The number of hydrogen-bond donors (Lipinski definition) is 2. The van der Waals surface area contributed by atoms with Gasteiger partial charge in [0.05, 0.1) is 5.88 Å². The Morgan fingerprint density at radius 2 is 2.05 bits per heavy atom. The summed E-state index contributed by atoms with van der Waals surface area (Å²) in [6, 6.07) is 8.93. The van der Waals surface area contributed by atoms with Crippen LogP contribution in [0, 0.1) is 0 Å². The number of amides is 2. The first-order chi connectivity index (χ1) is 10.1. The molecule has 2 rings (SSSR count). The minimum Gasteiger partial charge on any atom is -0.353 e. The molecular weight excluding hydrogens is 322 g/mol. The van der Waals surface area contributed by atoms with E-state index in [0.29, 0.717) is 23.7 Å². The lowest BCUT2D eigenvalue weighted by Gasteiger charge is -2.23. The summed E-state index contributed by atoms with van der Waals surface area (Å²) in [5.41, 5.74) is 0.626. The van der Waals surface area contributed by atoms with Gasteiger partial charge in [-0.05, 0) is 26.1 Å². The van der Waals surface area contributed by atoms with E-state index in [4.69, 9.17) is 0 Å². The van der Waals surface area contributed by atoms with Crippen molar-refractivity contribution in [3.8, 4) is 0 Å². The van der Waals surface area contributed by atoms with Crippen LogP contribution < -0.4 is 10.6 Å². The summed E-state index contributed by atoms with van der Waals surface area (Å²) in [6.45, 7) is 2.56. The van der Waals surface area contributed by atoms with Crippen molar-refractivity contribution >= 4 is 36.0 Å². The van der Waals surface area contributed by atoms with Gasteiger partial charge in [0.25, 0.3) is 5.91 Å². The van der Waals surface area contributed by atoms with Crippen LogP contribution in [0.3, 0.4) is 0 Å². The Hall–Kier alpha value is -1.24. The van der Waals surface area contributed by atoms with Crippen LogP contribution in [-0.2, 0) is 4.79 Å². The van der Waals surface area contributed by atoms with Gasteiger partial charge in [-0.25, -0.2) is 0 Å². The number of carbonyl (C=O) groups is 2. The summed E-state index contributed by atoms with van der Waals surface area (Å²) < 4.78 is 0. The Labute approximate surface area is 141 Å². The molecule has 5 nitrogen and oxygen atoms in total. The van der Waals surface area contributed by atoms with Crippen molar-refractivity contribution in [2.75, 3.05) is 25.2 Å². The molecule has 122 valence electrons. The lowest BCUT2D eigenvalue weighted by atomic mass is 10.1. The van der Waals surface area contributed by atoms with E-state index in [1.165, 1.54) is 0 Å². The summed E-state index contributed by atoms with van der Waals surface area (Å²) in [5.74, 6) is 1.06. The summed E-state index contributed by atoms with van der Waals surface area (Å²) in [4.78, 5) is 26.4. The molecule has 0 bridgehead atoms. The zero-order chi connectivity index (χ0) is 15.2. The van der Waals surface area contributed by atoms with Crippen molar-refractivity contribution in [2.24, 2.45) is 0 Å². The molecule has 1 saturated heterocycles. The van der Waals surface area contributed by atoms with Gasteiger partial charge in [0.1, 0.15) is 6.04 Å². The highest BCUT2D eigenvalue weighted by molar-refractivity contribution is 7.99. The predicted molar refractivity (Wildman–Crippen MR) is 92.5 cm³/mol. The van der Waals surface area contributed by atoms with Gasteiger partial charge in [-0.2, -0.15) is 0 Å². The summed E-state index contributed by atoms with van der Waals surface area (Å²) in [7, 11) is 1.85. The minimum atomic E-state index is -0.383. The fourth-order valence-corrected chi connectivity index (χ4v) is 3.23. The molecule has 0 aliphatic carbocycles. The Balaban J connectivity index is 0.00000242. The molecule has 1 aliphatic heterocycles. The van der Waals surface area contributed by atoms with Crippen LogP contribution in [0.2, 0.25) is 0 Å². The zero-order valence-electron chi connectivity index (χ0n) is 12.7. The SMILES string of the molecule is CNC(C)CNC(=O)C1CSCN1C(=O)c1ccccc1.Cl. The fourth-order valence-electron chi connectivity index (χ4n) is 2.08. The van der Waals surface area contributed by atoms with Gasteiger partial charge in [0.15, 0.2) is 0 Å². The summed E-state index contributed by atoms with van der Waals surface area (Å²) in [5, 5.41) is 5.97. The van der Waals surface area contributed by atoms with Gasteiger partial charge in [-0.1, -0.05) is 18.2 Å². The number of halogens is 1. The topological polar surface area (TPSA) is 61.4 Å². The second-order valence-electron chi connectivity index (χ2n) is 5.09. The summed E-state index contributed by atoms with van der Waals surface area (Å²) in [6.07, 6.45) is 0. The van der Waals surface area contributed by atoms with E-state index in [2.05, 4.69) is 10.6 Å². The van der Waals surface area contributed by atoms with Crippen LogP contribution in [0.15, 0.2) is 30.3 Å². The van der Waals surface area contributed by atoms with Gasteiger partial charge in [0.2, 0.25) is 5.91 Å². The quantitative estimate of drug-likeness (QED) is 0.847. The molecule has 1 aromatic rings. The number of thioether (sulfide) groups is 1. The Morgan fingerprint density at radius 3 is 2.68 bits per heavy atom. The Bertz CT molecular complexity index is 501. The molecule has 2 unspecified atom stereocenters. The lowest BCUT2D eigenvalue weighted by molar-refractivity contribution is -0.124. The highest BCUT2D eigenvalue weighted by Gasteiger charge is 2.34. The standard InChI is InChI=1S/C15H21N3O2S.ClH/c1-11(16-2)8-17-14(19)13-9-21-10-18(13)15(20)12-6-4-3-5-7-12;/h3-7,11,13,16H,8-10H2,1-2H3,(H,17,19);1H. The van der Waals surface area contributed by atoms with Gasteiger partial charge in [-0.3, -0.25) is 9.59 Å². The Kier molecular flexibility index (Phi) is 7.72. The van der Waals surface area contributed by atoms with Gasteiger partial charge < -0.3 is 15.5 Å².